The van der Waals surface area contributed by atoms with Gasteiger partial charge < -0.3 is 19.3 Å². The summed E-state index contributed by atoms with van der Waals surface area (Å²) in [6, 6.07) is 7.34. The van der Waals surface area contributed by atoms with E-state index < -0.39 is 0 Å². The predicted octanol–water partition coefficient (Wildman–Crippen LogP) is 1.22. The third-order valence-electron chi connectivity index (χ3n) is 2.03. The molecule has 0 aliphatic heterocycles. The zero-order valence-corrected chi connectivity index (χ0v) is 9.52. The molecule has 0 unspecified atom stereocenters. The van der Waals surface area contributed by atoms with Crippen molar-refractivity contribution in [3.63, 3.8) is 0 Å². The molecule has 1 rings (SSSR count). The number of aliphatic hydroxyl groups excluding tert-OH is 1. The van der Waals surface area contributed by atoms with Crippen molar-refractivity contribution in [2.75, 3.05) is 33.5 Å². The molecule has 0 aliphatic rings. The zero-order chi connectivity index (χ0) is 11.6. The smallest absolute Gasteiger partial charge is 0.119 e. The molecule has 0 saturated heterocycles. The molecule has 0 spiro atoms. The maximum atomic E-state index is 8.85. The molecule has 0 amide bonds. The molecule has 1 aromatic carbocycles. The predicted molar refractivity (Wildman–Crippen MR) is 60.6 cm³/mol. The average Bonchev–Trinajstić information content (AvgIpc) is 2.34. The van der Waals surface area contributed by atoms with Crippen LogP contribution in [0.15, 0.2) is 24.3 Å². The van der Waals surface area contributed by atoms with E-state index >= 15 is 0 Å². The molecule has 0 saturated carbocycles. The van der Waals surface area contributed by atoms with Gasteiger partial charge in [-0.3, -0.25) is 0 Å². The van der Waals surface area contributed by atoms with E-state index in [1.807, 2.05) is 24.3 Å². The molecule has 4 nitrogen and oxygen atoms in total. The number of methoxy groups -OCH3 is 1. The molecule has 0 fully saturated rings. The summed E-state index contributed by atoms with van der Waals surface area (Å²) in [5.41, 5.74) is 0.878. The van der Waals surface area contributed by atoms with Crippen molar-refractivity contribution < 1.29 is 19.3 Å². The largest absolute Gasteiger partial charge is 0.491 e. The maximum Gasteiger partial charge on any atom is 0.119 e. The molecule has 1 aromatic rings. The van der Waals surface area contributed by atoms with Crippen LogP contribution < -0.4 is 4.74 Å². The Labute approximate surface area is 95.8 Å². The minimum atomic E-state index is 0.0560. The van der Waals surface area contributed by atoms with E-state index in [2.05, 4.69) is 0 Å². The molecular weight excluding hydrogens is 208 g/mol. The number of hydrogen-bond donors (Lipinski definition) is 1. The lowest BCUT2D eigenvalue weighted by Crippen LogP contribution is -2.09. The first-order valence-electron chi connectivity index (χ1n) is 5.26. The highest BCUT2D eigenvalue weighted by molar-refractivity contribution is 5.26. The van der Waals surface area contributed by atoms with Gasteiger partial charge in [0.05, 0.1) is 26.4 Å². The first-order chi connectivity index (χ1) is 7.86. The highest BCUT2D eigenvalue weighted by atomic mass is 16.5. The van der Waals surface area contributed by atoms with Gasteiger partial charge in [-0.15, -0.1) is 0 Å². The minimum Gasteiger partial charge on any atom is -0.491 e. The van der Waals surface area contributed by atoms with Crippen LogP contribution in [0, 0.1) is 0 Å². The Hall–Kier alpha value is -1.10. The third-order valence-corrected chi connectivity index (χ3v) is 2.03. The molecule has 16 heavy (non-hydrogen) atoms. The van der Waals surface area contributed by atoms with Crippen molar-refractivity contribution in [2.45, 2.75) is 6.61 Å². The number of hydrogen-bond acceptors (Lipinski definition) is 4. The summed E-state index contributed by atoms with van der Waals surface area (Å²) in [6.07, 6.45) is 0. The lowest BCUT2D eigenvalue weighted by molar-refractivity contribution is 0.0544. The van der Waals surface area contributed by atoms with Gasteiger partial charge in [0.25, 0.3) is 0 Å². The van der Waals surface area contributed by atoms with E-state index in [1.165, 1.54) is 0 Å². The van der Waals surface area contributed by atoms with Gasteiger partial charge in [0.2, 0.25) is 0 Å². The van der Waals surface area contributed by atoms with Gasteiger partial charge in [0.15, 0.2) is 0 Å². The van der Waals surface area contributed by atoms with Crippen LogP contribution >= 0.6 is 0 Å². The molecule has 0 atom stereocenters. The lowest BCUT2D eigenvalue weighted by Gasteiger charge is -2.07. The lowest BCUT2D eigenvalue weighted by atomic mass is 10.2. The van der Waals surface area contributed by atoms with Gasteiger partial charge in [0, 0.05) is 7.11 Å². The molecule has 0 heterocycles. The fourth-order valence-corrected chi connectivity index (χ4v) is 1.15. The van der Waals surface area contributed by atoms with E-state index in [0.717, 1.165) is 11.3 Å². The number of ether oxygens (including phenoxy) is 3. The molecule has 0 bridgehead atoms. The molecule has 90 valence electrons. The summed E-state index contributed by atoms with van der Waals surface area (Å²) in [4.78, 5) is 0. The summed E-state index contributed by atoms with van der Waals surface area (Å²) in [6.45, 7) is 2.31. The number of rotatable bonds is 8. The van der Waals surface area contributed by atoms with Crippen LogP contribution in [-0.4, -0.2) is 38.6 Å². The fourth-order valence-electron chi connectivity index (χ4n) is 1.15. The molecule has 0 aliphatic carbocycles. The van der Waals surface area contributed by atoms with Gasteiger partial charge in [-0.1, -0.05) is 12.1 Å². The number of aliphatic hydroxyl groups is 1. The van der Waals surface area contributed by atoms with Crippen molar-refractivity contribution in [1.82, 2.24) is 0 Å². The van der Waals surface area contributed by atoms with E-state index in [1.54, 1.807) is 7.11 Å². The van der Waals surface area contributed by atoms with E-state index in [-0.39, 0.29) is 6.61 Å². The average molecular weight is 226 g/mol. The van der Waals surface area contributed by atoms with Crippen LogP contribution in [0.25, 0.3) is 0 Å². The normalized spacial score (nSPS) is 10.4. The van der Waals surface area contributed by atoms with Crippen molar-refractivity contribution in [3.8, 4) is 5.75 Å². The highest BCUT2D eigenvalue weighted by Gasteiger charge is 1.94. The molecule has 1 N–H and O–H groups in total. The fraction of sp³-hybridized carbons (Fsp3) is 0.500. The third kappa shape index (κ3) is 5.11. The highest BCUT2D eigenvalue weighted by Crippen LogP contribution is 2.11. The molecule has 4 heteroatoms. The maximum absolute atomic E-state index is 8.85. The SMILES string of the molecule is COCCOCCOc1ccc(CO)cc1. The van der Waals surface area contributed by atoms with Crippen molar-refractivity contribution in [2.24, 2.45) is 0 Å². The van der Waals surface area contributed by atoms with Crippen LogP contribution in [0.4, 0.5) is 0 Å². The molecular formula is C12H18O4. The monoisotopic (exact) mass is 226 g/mol. The van der Waals surface area contributed by atoms with Crippen LogP contribution in [0.3, 0.4) is 0 Å². The quantitative estimate of drug-likeness (QED) is 0.677. The van der Waals surface area contributed by atoms with Crippen molar-refractivity contribution >= 4 is 0 Å². The van der Waals surface area contributed by atoms with Gasteiger partial charge in [-0.05, 0) is 17.7 Å². The topological polar surface area (TPSA) is 47.9 Å². The molecule has 0 aromatic heterocycles. The van der Waals surface area contributed by atoms with Gasteiger partial charge in [-0.25, -0.2) is 0 Å². The Morgan fingerprint density at radius 1 is 1.00 bits per heavy atom. The Morgan fingerprint density at radius 3 is 2.31 bits per heavy atom. The summed E-state index contributed by atoms with van der Waals surface area (Å²) in [7, 11) is 1.64. The second kappa shape index (κ2) is 8.10. The van der Waals surface area contributed by atoms with Gasteiger partial charge in [-0.2, -0.15) is 0 Å². The second-order valence-electron chi connectivity index (χ2n) is 3.26. The Kier molecular flexibility index (Phi) is 6.56. The summed E-state index contributed by atoms with van der Waals surface area (Å²) >= 11 is 0. The second-order valence-corrected chi connectivity index (χ2v) is 3.26. The summed E-state index contributed by atoms with van der Waals surface area (Å²) < 4.78 is 15.5. The van der Waals surface area contributed by atoms with Gasteiger partial charge in [0.1, 0.15) is 12.4 Å². The van der Waals surface area contributed by atoms with E-state index in [4.69, 9.17) is 19.3 Å². The molecule has 0 radical (unpaired) electrons. The standard InChI is InChI=1S/C12H18O4/c1-14-6-7-15-8-9-16-12-4-2-11(10-13)3-5-12/h2-5,13H,6-10H2,1H3. The van der Waals surface area contributed by atoms with Crippen molar-refractivity contribution in [1.29, 1.82) is 0 Å². The van der Waals surface area contributed by atoms with Crippen LogP contribution in [-0.2, 0) is 16.1 Å². The van der Waals surface area contributed by atoms with Crippen LogP contribution in [0.5, 0.6) is 5.75 Å². The summed E-state index contributed by atoms with van der Waals surface area (Å²) in [5, 5.41) is 8.85. The first-order valence-corrected chi connectivity index (χ1v) is 5.26. The van der Waals surface area contributed by atoms with Crippen LogP contribution in [0.2, 0.25) is 0 Å². The Bertz CT molecular complexity index is 271. The van der Waals surface area contributed by atoms with Crippen molar-refractivity contribution in [3.05, 3.63) is 29.8 Å². The van der Waals surface area contributed by atoms with E-state index in [0.29, 0.717) is 26.4 Å². The van der Waals surface area contributed by atoms with Gasteiger partial charge >= 0.3 is 0 Å². The van der Waals surface area contributed by atoms with E-state index in [9.17, 15) is 0 Å². The number of benzene rings is 1. The zero-order valence-electron chi connectivity index (χ0n) is 9.52. The Morgan fingerprint density at radius 2 is 1.69 bits per heavy atom. The minimum absolute atomic E-state index is 0.0560. The summed E-state index contributed by atoms with van der Waals surface area (Å²) in [5.74, 6) is 0.785. The Balaban J connectivity index is 2.12. The van der Waals surface area contributed by atoms with Crippen LogP contribution in [0.1, 0.15) is 5.56 Å². The first kappa shape index (κ1) is 13.0.